The summed E-state index contributed by atoms with van der Waals surface area (Å²) in [5, 5.41) is 0. The summed E-state index contributed by atoms with van der Waals surface area (Å²) in [4.78, 5) is 24.8. The number of rotatable bonds is 3. The Kier molecular flexibility index (Phi) is 3.79. The minimum absolute atomic E-state index is 0.109. The summed E-state index contributed by atoms with van der Waals surface area (Å²) < 4.78 is 0. The molecule has 1 atom stereocenters. The molecule has 0 spiro atoms. The van der Waals surface area contributed by atoms with Crippen LogP contribution in [-0.4, -0.2) is 28.2 Å². The summed E-state index contributed by atoms with van der Waals surface area (Å²) >= 11 is 4.82. The molecular weight excluding hydrogens is 212 g/mol. The van der Waals surface area contributed by atoms with Crippen molar-refractivity contribution in [1.82, 2.24) is 4.90 Å². The molecule has 4 nitrogen and oxygen atoms in total. The van der Waals surface area contributed by atoms with Crippen molar-refractivity contribution in [1.29, 1.82) is 0 Å². The molecule has 15 heavy (non-hydrogen) atoms. The zero-order valence-electron chi connectivity index (χ0n) is 9.03. The van der Waals surface area contributed by atoms with E-state index >= 15 is 0 Å². The molecule has 1 unspecified atom stereocenters. The number of hydrogen-bond acceptors (Lipinski definition) is 3. The number of carbonyl (C=O) groups excluding carboxylic acids is 2. The highest BCUT2D eigenvalue weighted by molar-refractivity contribution is 7.80. The van der Waals surface area contributed by atoms with E-state index in [1.165, 1.54) is 4.90 Å². The molecule has 84 valence electrons. The molecule has 0 radical (unpaired) electrons. The lowest BCUT2D eigenvalue weighted by atomic mass is 9.97. The van der Waals surface area contributed by atoms with Gasteiger partial charge in [-0.3, -0.25) is 14.5 Å². The average Bonchev–Trinajstić information content (AvgIpc) is 2.10. The third kappa shape index (κ3) is 2.99. The molecule has 2 amide bonds. The number of amides is 2. The molecule has 0 aromatic heterocycles. The van der Waals surface area contributed by atoms with Crippen LogP contribution in [0.25, 0.3) is 0 Å². The Bertz CT molecular complexity index is 286. The van der Waals surface area contributed by atoms with Gasteiger partial charge in [-0.2, -0.15) is 0 Å². The van der Waals surface area contributed by atoms with Gasteiger partial charge in [-0.25, -0.2) is 0 Å². The molecule has 2 N–H and O–H groups in total. The molecule has 1 aliphatic rings. The summed E-state index contributed by atoms with van der Waals surface area (Å²) in [6.45, 7) is 4.05. The van der Waals surface area contributed by atoms with Gasteiger partial charge in [0.2, 0.25) is 11.8 Å². The van der Waals surface area contributed by atoms with Crippen molar-refractivity contribution in [2.75, 3.05) is 6.54 Å². The molecule has 1 fully saturated rings. The fourth-order valence-corrected chi connectivity index (χ4v) is 1.67. The molecular formula is C10H16N2O2S. The van der Waals surface area contributed by atoms with Crippen LogP contribution < -0.4 is 5.73 Å². The van der Waals surface area contributed by atoms with Crippen molar-refractivity contribution >= 4 is 29.0 Å². The quantitative estimate of drug-likeness (QED) is 0.570. The van der Waals surface area contributed by atoms with Crippen molar-refractivity contribution in [3.05, 3.63) is 0 Å². The van der Waals surface area contributed by atoms with E-state index in [1.54, 1.807) is 0 Å². The molecule has 5 heteroatoms. The first-order chi connectivity index (χ1) is 6.91. The van der Waals surface area contributed by atoms with E-state index in [0.29, 0.717) is 24.4 Å². The van der Waals surface area contributed by atoms with E-state index in [2.05, 4.69) is 0 Å². The van der Waals surface area contributed by atoms with Crippen LogP contribution in [0, 0.1) is 11.8 Å². The van der Waals surface area contributed by atoms with Gasteiger partial charge in [0.25, 0.3) is 0 Å². The fourth-order valence-electron chi connectivity index (χ4n) is 1.60. The van der Waals surface area contributed by atoms with Crippen molar-refractivity contribution in [2.45, 2.75) is 26.7 Å². The van der Waals surface area contributed by atoms with Crippen LogP contribution in [0.3, 0.4) is 0 Å². The van der Waals surface area contributed by atoms with Crippen LogP contribution in [0.1, 0.15) is 26.7 Å². The first-order valence-corrected chi connectivity index (χ1v) is 5.45. The third-order valence-electron chi connectivity index (χ3n) is 2.59. The summed E-state index contributed by atoms with van der Waals surface area (Å²) in [6.07, 6.45) is 0.881. The van der Waals surface area contributed by atoms with E-state index in [1.807, 2.05) is 13.8 Å². The lowest BCUT2D eigenvalue weighted by molar-refractivity contribution is -0.150. The van der Waals surface area contributed by atoms with Gasteiger partial charge in [0.1, 0.15) is 0 Å². The van der Waals surface area contributed by atoms with Crippen LogP contribution >= 0.6 is 12.2 Å². The number of hydrogen-bond donors (Lipinski definition) is 1. The van der Waals surface area contributed by atoms with Gasteiger partial charge < -0.3 is 5.73 Å². The number of likely N-dealkylation sites (tertiary alicyclic amines) is 1. The minimum Gasteiger partial charge on any atom is -0.393 e. The summed E-state index contributed by atoms with van der Waals surface area (Å²) in [5.41, 5.74) is 5.45. The van der Waals surface area contributed by atoms with Crippen molar-refractivity contribution in [3.8, 4) is 0 Å². The number of nitrogens with two attached hydrogens (primary N) is 1. The van der Waals surface area contributed by atoms with Crippen LogP contribution in [0.5, 0.6) is 0 Å². The van der Waals surface area contributed by atoms with Gasteiger partial charge in [-0.05, 0) is 5.92 Å². The lowest BCUT2D eigenvalue weighted by Crippen LogP contribution is -2.46. The lowest BCUT2D eigenvalue weighted by Gasteiger charge is -2.30. The van der Waals surface area contributed by atoms with Crippen molar-refractivity contribution in [3.63, 3.8) is 0 Å². The second kappa shape index (κ2) is 4.70. The molecule has 1 aliphatic heterocycles. The van der Waals surface area contributed by atoms with E-state index in [9.17, 15) is 9.59 Å². The zero-order valence-corrected chi connectivity index (χ0v) is 9.84. The van der Waals surface area contributed by atoms with E-state index in [4.69, 9.17) is 18.0 Å². The number of carbonyl (C=O) groups is 2. The molecule has 1 heterocycles. The molecule has 1 rings (SSSR count). The van der Waals surface area contributed by atoms with Crippen LogP contribution in [0.15, 0.2) is 0 Å². The van der Waals surface area contributed by atoms with Gasteiger partial charge in [-0.15, -0.1) is 0 Å². The smallest absolute Gasteiger partial charge is 0.229 e. The van der Waals surface area contributed by atoms with E-state index in [-0.39, 0.29) is 23.7 Å². The Labute approximate surface area is 94.8 Å². The zero-order chi connectivity index (χ0) is 11.6. The normalized spacial score (nSPS) is 20.5. The standard InChI is InChI=1S/C10H16N2O2S/c1-6-3-8(13)12(9(14)4-6)5-7(2)10(11)15/h6-7H,3-5H2,1-2H3,(H2,11,15). The Morgan fingerprint density at radius 2 is 2.00 bits per heavy atom. The van der Waals surface area contributed by atoms with Crippen LogP contribution in [0.4, 0.5) is 0 Å². The van der Waals surface area contributed by atoms with Crippen LogP contribution in [0.2, 0.25) is 0 Å². The van der Waals surface area contributed by atoms with Crippen molar-refractivity contribution in [2.24, 2.45) is 17.6 Å². The number of imide groups is 1. The molecule has 0 aromatic rings. The monoisotopic (exact) mass is 228 g/mol. The Hall–Kier alpha value is -0.970. The summed E-state index contributed by atoms with van der Waals surface area (Å²) in [5.74, 6) is -0.175. The summed E-state index contributed by atoms with van der Waals surface area (Å²) in [7, 11) is 0. The van der Waals surface area contributed by atoms with Gasteiger partial charge in [0.05, 0.1) is 4.99 Å². The number of piperidine rings is 1. The van der Waals surface area contributed by atoms with E-state index in [0.717, 1.165) is 0 Å². The Morgan fingerprint density at radius 1 is 1.53 bits per heavy atom. The predicted octanol–water partition coefficient (Wildman–Crippen LogP) is 0.694. The van der Waals surface area contributed by atoms with E-state index < -0.39 is 0 Å². The highest BCUT2D eigenvalue weighted by Crippen LogP contribution is 2.19. The van der Waals surface area contributed by atoms with Gasteiger partial charge in [0.15, 0.2) is 0 Å². The number of nitrogens with zero attached hydrogens (tertiary/aromatic N) is 1. The first-order valence-electron chi connectivity index (χ1n) is 5.04. The molecule has 0 bridgehead atoms. The van der Waals surface area contributed by atoms with Crippen LogP contribution in [-0.2, 0) is 9.59 Å². The Morgan fingerprint density at radius 3 is 2.40 bits per heavy atom. The Balaban J connectivity index is 2.65. The second-order valence-corrected chi connectivity index (χ2v) is 4.69. The van der Waals surface area contributed by atoms with Gasteiger partial charge in [0, 0.05) is 25.3 Å². The molecule has 1 saturated heterocycles. The number of thiocarbonyl (C=S) groups is 1. The highest BCUT2D eigenvalue weighted by atomic mass is 32.1. The first kappa shape index (κ1) is 12.1. The van der Waals surface area contributed by atoms with Gasteiger partial charge >= 0.3 is 0 Å². The highest BCUT2D eigenvalue weighted by Gasteiger charge is 2.31. The van der Waals surface area contributed by atoms with Crippen molar-refractivity contribution < 1.29 is 9.59 Å². The fraction of sp³-hybridized carbons (Fsp3) is 0.700. The maximum absolute atomic E-state index is 11.6. The predicted molar refractivity (Wildman–Crippen MR) is 61.1 cm³/mol. The maximum atomic E-state index is 11.6. The maximum Gasteiger partial charge on any atom is 0.229 e. The SMILES string of the molecule is CC1CC(=O)N(CC(C)C(N)=S)C(=O)C1. The largest absolute Gasteiger partial charge is 0.393 e. The van der Waals surface area contributed by atoms with Gasteiger partial charge in [-0.1, -0.05) is 26.1 Å². The molecule has 0 aliphatic carbocycles. The summed E-state index contributed by atoms with van der Waals surface area (Å²) in [6, 6.07) is 0. The third-order valence-corrected chi connectivity index (χ3v) is 2.99. The average molecular weight is 228 g/mol. The minimum atomic E-state index is -0.110. The topological polar surface area (TPSA) is 63.4 Å². The second-order valence-electron chi connectivity index (χ2n) is 4.21. The molecule has 0 saturated carbocycles. The molecule has 0 aromatic carbocycles.